The Morgan fingerprint density at radius 1 is 1.29 bits per heavy atom. The van der Waals surface area contributed by atoms with Gasteiger partial charge in [0.25, 0.3) is 0 Å². The fraction of sp³-hybridized carbons (Fsp3) is 0.267. The third-order valence-corrected chi connectivity index (χ3v) is 2.84. The number of benzene rings is 1. The van der Waals surface area contributed by atoms with Gasteiger partial charge in [-0.15, -0.1) is 0 Å². The molecule has 2 rings (SSSR count). The molecule has 0 spiro atoms. The van der Waals surface area contributed by atoms with E-state index in [4.69, 9.17) is 9.47 Å². The van der Waals surface area contributed by atoms with Crippen LogP contribution in [0.5, 0.6) is 5.75 Å². The van der Waals surface area contributed by atoms with Crippen LogP contribution in [-0.4, -0.2) is 25.5 Å². The Kier molecular flexibility index (Phi) is 7.35. The SMILES string of the molecule is C=C(OCCn1cc[n+](C)c1)c1cccc(OC)c1.F[B-](F)(F)F. The Balaban J connectivity index is 0.000000505. The standard InChI is InChI=1S/C15H19N2O2.BF4/c1-13(14-5-4-6-15(11-14)18-3)19-10-9-17-8-7-16(2)12-17;2-1(3,4)5/h4-8,11-12H,1,9-10H2,2-3H3;/q+1;-1. The molecule has 24 heavy (non-hydrogen) atoms. The number of halogens is 4. The minimum atomic E-state index is -6.00. The van der Waals surface area contributed by atoms with Gasteiger partial charge in [0.2, 0.25) is 6.33 Å². The summed E-state index contributed by atoms with van der Waals surface area (Å²) in [6.45, 7) is 5.33. The summed E-state index contributed by atoms with van der Waals surface area (Å²) in [6, 6.07) is 7.70. The summed E-state index contributed by atoms with van der Waals surface area (Å²) in [4.78, 5) is 0. The topological polar surface area (TPSA) is 27.3 Å². The van der Waals surface area contributed by atoms with Crippen molar-refractivity contribution in [2.24, 2.45) is 7.05 Å². The van der Waals surface area contributed by atoms with Crippen LogP contribution in [0.2, 0.25) is 0 Å². The van der Waals surface area contributed by atoms with Crippen molar-refractivity contribution < 1.29 is 31.3 Å². The summed E-state index contributed by atoms with van der Waals surface area (Å²) < 4.78 is 53.9. The molecule has 132 valence electrons. The van der Waals surface area contributed by atoms with Gasteiger partial charge in [0.15, 0.2) is 0 Å². The third-order valence-electron chi connectivity index (χ3n) is 2.84. The molecule has 1 heterocycles. The summed E-state index contributed by atoms with van der Waals surface area (Å²) in [7, 11) is -2.36. The average molecular weight is 346 g/mol. The molecule has 1 aromatic heterocycles. The molecule has 0 radical (unpaired) electrons. The van der Waals surface area contributed by atoms with Gasteiger partial charge in [-0.05, 0) is 12.1 Å². The zero-order chi connectivity index (χ0) is 18.2. The van der Waals surface area contributed by atoms with Gasteiger partial charge in [-0.2, -0.15) is 0 Å². The van der Waals surface area contributed by atoms with Gasteiger partial charge in [0.1, 0.15) is 37.1 Å². The van der Waals surface area contributed by atoms with E-state index in [0.717, 1.165) is 17.9 Å². The van der Waals surface area contributed by atoms with Crippen molar-refractivity contribution in [3.05, 3.63) is 55.1 Å². The van der Waals surface area contributed by atoms with Crippen LogP contribution >= 0.6 is 0 Å². The highest BCUT2D eigenvalue weighted by Gasteiger charge is 2.20. The molecule has 0 amide bonds. The predicted molar refractivity (Wildman–Crippen MR) is 83.8 cm³/mol. The van der Waals surface area contributed by atoms with Crippen LogP contribution in [-0.2, 0) is 18.3 Å². The molecule has 0 aliphatic heterocycles. The molecule has 0 atom stereocenters. The van der Waals surface area contributed by atoms with E-state index in [9.17, 15) is 17.3 Å². The quantitative estimate of drug-likeness (QED) is 0.347. The first-order valence-corrected chi connectivity index (χ1v) is 7.03. The van der Waals surface area contributed by atoms with Crippen LogP contribution in [0.4, 0.5) is 17.3 Å². The van der Waals surface area contributed by atoms with Crippen LogP contribution < -0.4 is 9.30 Å². The first-order chi connectivity index (χ1) is 11.2. The molecule has 0 bridgehead atoms. The molecule has 0 fully saturated rings. The second-order valence-electron chi connectivity index (χ2n) is 4.82. The van der Waals surface area contributed by atoms with Crippen molar-refractivity contribution in [3.8, 4) is 5.75 Å². The van der Waals surface area contributed by atoms with Crippen LogP contribution in [0.15, 0.2) is 49.6 Å². The smallest absolute Gasteiger partial charge is 0.497 e. The monoisotopic (exact) mass is 346 g/mol. The van der Waals surface area contributed by atoms with Gasteiger partial charge in [0.05, 0.1) is 14.2 Å². The lowest BCUT2D eigenvalue weighted by Gasteiger charge is -2.09. The second kappa shape index (κ2) is 9.00. The van der Waals surface area contributed by atoms with Crippen LogP contribution in [0.25, 0.3) is 5.76 Å². The molecule has 0 aliphatic rings. The summed E-state index contributed by atoms with van der Waals surface area (Å²) in [5.74, 6) is 1.47. The fourth-order valence-corrected chi connectivity index (χ4v) is 1.79. The van der Waals surface area contributed by atoms with Gasteiger partial charge >= 0.3 is 7.25 Å². The summed E-state index contributed by atoms with van der Waals surface area (Å²) in [5.41, 5.74) is 0.942. The van der Waals surface area contributed by atoms with Gasteiger partial charge in [0, 0.05) is 5.56 Å². The number of imidazole rings is 1. The normalized spacial score (nSPS) is 10.6. The maximum atomic E-state index is 9.75. The molecule has 0 saturated heterocycles. The van der Waals surface area contributed by atoms with E-state index in [2.05, 4.69) is 11.1 Å². The van der Waals surface area contributed by atoms with E-state index < -0.39 is 7.25 Å². The van der Waals surface area contributed by atoms with E-state index in [1.54, 1.807) is 7.11 Å². The van der Waals surface area contributed by atoms with Crippen LogP contribution in [0.1, 0.15) is 5.56 Å². The lowest BCUT2D eigenvalue weighted by Crippen LogP contribution is -2.24. The van der Waals surface area contributed by atoms with Crippen molar-refractivity contribution in [3.63, 3.8) is 0 Å². The van der Waals surface area contributed by atoms with Gasteiger partial charge in [-0.25, -0.2) is 9.13 Å². The maximum absolute atomic E-state index is 9.75. The molecule has 0 saturated carbocycles. The second-order valence-corrected chi connectivity index (χ2v) is 4.82. The first kappa shape index (κ1) is 19.6. The zero-order valence-corrected chi connectivity index (χ0v) is 13.5. The fourth-order valence-electron chi connectivity index (χ4n) is 1.79. The van der Waals surface area contributed by atoms with E-state index >= 15 is 0 Å². The maximum Gasteiger partial charge on any atom is 0.673 e. The van der Waals surface area contributed by atoms with E-state index in [-0.39, 0.29) is 0 Å². The Bertz CT molecular complexity index is 653. The Morgan fingerprint density at radius 3 is 2.50 bits per heavy atom. The van der Waals surface area contributed by atoms with Gasteiger partial charge in [-0.3, -0.25) is 0 Å². The molecule has 0 N–H and O–H groups in total. The molecule has 4 nitrogen and oxygen atoms in total. The lowest BCUT2D eigenvalue weighted by molar-refractivity contribution is -0.671. The van der Waals surface area contributed by atoms with Crippen molar-refractivity contribution in [2.75, 3.05) is 13.7 Å². The summed E-state index contributed by atoms with van der Waals surface area (Å²) in [5, 5.41) is 0. The predicted octanol–water partition coefficient (Wildman–Crippen LogP) is 3.31. The lowest BCUT2D eigenvalue weighted by atomic mass is 10.2. The highest BCUT2D eigenvalue weighted by atomic mass is 19.5. The Labute approximate surface area is 138 Å². The number of aryl methyl sites for hydroxylation is 1. The minimum absolute atomic E-state index is 0.588. The van der Waals surface area contributed by atoms with E-state index in [1.807, 2.05) is 54.6 Å². The number of hydrogen-bond donors (Lipinski definition) is 0. The van der Waals surface area contributed by atoms with Crippen molar-refractivity contribution in [1.82, 2.24) is 4.57 Å². The van der Waals surface area contributed by atoms with Crippen molar-refractivity contribution in [2.45, 2.75) is 6.54 Å². The molecule has 0 unspecified atom stereocenters. The Morgan fingerprint density at radius 2 is 1.96 bits per heavy atom. The molecular formula is C15H19BF4N2O2. The summed E-state index contributed by atoms with van der Waals surface area (Å²) in [6.07, 6.45) is 6.02. The van der Waals surface area contributed by atoms with Crippen LogP contribution in [0.3, 0.4) is 0 Å². The van der Waals surface area contributed by atoms with Crippen molar-refractivity contribution in [1.29, 1.82) is 0 Å². The number of nitrogens with zero attached hydrogens (tertiary/aromatic N) is 2. The molecule has 0 aliphatic carbocycles. The number of rotatable bonds is 6. The molecular weight excluding hydrogens is 327 g/mol. The Hall–Kier alpha value is -2.45. The highest BCUT2D eigenvalue weighted by Crippen LogP contribution is 2.19. The van der Waals surface area contributed by atoms with Crippen molar-refractivity contribution >= 4 is 13.0 Å². The number of methoxy groups -OCH3 is 1. The highest BCUT2D eigenvalue weighted by molar-refractivity contribution is 6.50. The average Bonchev–Trinajstić information content (AvgIpc) is 2.91. The molecule has 2 aromatic rings. The number of hydrogen-bond acceptors (Lipinski definition) is 2. The zero-order valence-electron chi connectivity index (χ0n) is 13.5. The summed E-state index contributed by atoms with van der Waals surface area (Å²) >= 11 is 0. The number of aromatic nitrogens is 2. The van der Waals surface area contributed by atoms with Crippen LogP contribution in [0, 0.1) is 0 Å². The van der Waals surface area contributed by atoms with E-state index in [0.29, 0.717) is 12.4 Å². The first-order valence-electron chi connectivity index (χ1n) is 7.03. The third kappa shape index (κ3) is 8.26. The van der Waals surface area contributed by atoms with Gasteiger partial charge in [-0.1, -0.05) is 18.7 Å². The van der Waals surface area contributed by atoms with E-state index in [1.165, 1.54) is 0 Å². The molecule has 9 heteroatoms. The number of ether oxygens (including phenoxy) is 2. The largest absolute Gasteiger partial charge is 0.673 e. The van der Waals surface area contributed by atoms with Gasteiger partial charge < -0.3 is 26.7 Å². The molecule has 1 aromatic carbocycles. The minimum Gasteiger partial charge on any atom is -0.497 e.